The highest BCUT2D eigenvalue weighted by Crippen LogP contribution is 2.30. The summed E-state index contributed by atoms with van der Waals surface area (Å²) < 4.78 is 2.15. The van der Waals surface area contributed by atoms with E-state index < -0.39 is 6.23 Å². The monoisotopic (exact) mass is 369 g/mol. The summed E-state index contributed by atoms with van der Waals surface area (Å²) in [6, 6.07) is 4.17. The molecule has 2 aromatic heterocycles. The van der Waals surface area contributed by atoms with Crippen molar-refractivity contribution < 1.29 is 5.11 Å². The van der Waals surface area contributed by atoms with Gasteiger partial charge >= 0.3 is 0 Å². The van der Waals surface area contributed by atoms with Gasteiger partial charge in [-0.2, -0.15) is 5.10 Å². The zero-order valence-electron chi connectivity index (χ0n) is 16.3. The third-order valence-corrected chi connectivity index (χ3v) is 5.82. The highest BCUT2D eigenvalue weighted by Gasteiger charge is 2.31. The minimum absolute atomic E-state index is 0.571. The van der Waals surface area contributed by atoms with E-state index in [4.69, 9.17) is 5.10 Å². The average molecular weight is 370 g/mol. The van der Waals surface area contributed by atoms with Gasteiger partial charge in [0.25, 0.3) is 0 Å². The van der Waals surface area contributed by atoms with Crippen LogP contribution in [0.5, 0.6) is 0 Å². The summed E-state index contributed by atoms with van der Waals surface area (Å²) in [4.78, 5) is 8.78. The molecule has 4 heterocycles. The van der Waals surface area contributed by atoms with Gasteiger partial charge in [-0.05, 0) is 37.0 Å². The van der Waals surface area contributed by atoms with Gasteiger partial charge in [0.15, 0.2) is 6.23 Å². The van der Waals surface area contributed by atoms with E-state index in [-0.39, 0.29) is 0 Å². The Hall–Kier alpha value is -1.76. The van der Waals surface area contributed by atoms with E-state index in [1.807, 2.05) is 12.4 Å². The maximum atomic E-state index is 11.1. The van der Waals surface area contributed by atoms with Gasteiger partial charge in [-0.1, -0.05) is 13.3 Å². The highest BCUT2D eigenvalue weighted by molar-refractivity contribution is 5.30. The normalized spacial score (nSPS) is 19.8. The lowest BCUT2D eigenvalue weighted by molar-refractivity contribution is -0.0143. The summed E-state index contributed by atoms with van der Waals surface area (Å²) in [5.41, 5.74) is 4.75. The van der Waals surface area contributed by atoms with Crippen LogP contribution in [0.3, 0.4) is 0 Å². The van der Waals surface area contributed by atoms with E-state index >= 15 is 0 Å². The molecule has 27 heavy (non-hydrogen) atoms. The Bertz CT molecular complexity index is 739. The second-order valence-electron chi connectivity index (χ2n) is 7.82. The molecule has 1 fully saturated rings. The second kappa shape index (κ2) is 8.50. The first kappa shape index (κ1) is 18.6. The van der Waals surface area contributed by atoms with Crippen LogP contribution in [-0.4, -0.2) is 49.3 Å². The molecule has 0 aliphatic carbocycles. The number of hydrogen-bond donors (Lipinski definition) is 1. The molecule has 1 atom stereocenters. The zero-order valence-corrected chi connectivity index (χ0v) is 16.3. The van der Waals surface area contributed by atoms with Crippen molar-refractivity contribution in [2.24, 2.45) is 0 Å². The van der Waals surface area contributed by atoms with Crippen molar-refractivity contribution in [2.75, 3.05) is 19.6 Å². The van der Waals surface area contributed by atoms with Gasteiger partial charge in [-0.3, -0.25) is 19.5 Å². The molecule has 1 saturated heterocycles. The van der Waals surface area contributed by atoms with E-state index in [1.54, 1.807) is 0 Å². The Morgan fingerprint density at radius 2 is 1.89 bits per heavy atom. The summed E-state index contributed by atoms with van der Waals surface area (Å²) in [6.07, 6.45) is 8.81. The van der Waals surface area contributed by atoms with Crippen LogP contribution < -0.4 is 0 Å². The van der Waals surface area contributed by atoms with Crippen molar-refractivity contribution >= 4 is 0 Å². The molecule has 6 heteroatoms. The summed E-state index contributed by atoms with van der Waals surface area (Å²) in [7, 11) is 0. The van der Waals surface area contributed by atoms with E-state index in [0.717, 1.165) is 57.8 Å². The van der Waals surface area contributed by atoms with Crippen molar-refractivity contribution in [1.82, 2.24) is 24.6 Å². The Kier molecular flexibility index (Phi) is 5.86. The Morgan fingerprint density at radius 1 is 1.11 bits per heavy atom. The smallest absolute Gasteiger partial charge is 0.152 e. The van der Waals surface area contributed by atoms with Crippen LogP contribution in [0.4, 0.5) is 0 Å². The average Bonchev–Trinajstić information content (AvgIpc) is 3.07. The molecule has 1 N–H and O–H groups in total. The fourth-order valence-corrected chi connectivity index (χ4v) is 4.39. The first-order valence-corrected chi connectivity index (χ1v) is 10.4. The third kappa shape index (κ3) is 4.08. The van der Waals surface area contributed by atoms with Gasteiger partial charge in [0.05, 0.1) is 0 Å². The summed E-state index contributed by atoms with van der Waals surface area (Å²) in [5, 5.41) is 16.0. The topological polar surface area (TPSA) is 57.4 Å². The lowest BCUT2D eigenvalue weighted by Gasteiger charge is -2.32. The maximum Gasteiger partial charge on any atom is 0.152 e. The number of pyridine rings is 1. The number of piperidine rings is 1. The summed E-state index contributed by atoms with van der Waals surface area (Å²) in [5.74, 6) is 0. The van der Waals surface area contributed by atoms with Crippen LogP contribution in [0.1, 0.15) is 61.3 Å². The molecule has 0 bridgehead atoms. The van der Waals surface area contributed by atoms with E-state index in [9.17, 15) is 5.11 Å². The van der Waals surface area contributed by atoms with Crippen molar-refractivity contribution in [1.29, 1.82) is 0 Å². The largest absolute Gasteiger partial charge is 0.372 e. The second-order valence-corrected chi connectivity index (χ2v) is 7.82. The molecule has 1 unspecified atom stereocenters. The van der Waals surface area contributed by atoms with Crippen LogP contribution >= 0.6 is 0 Å². The van der Waals surface area contributed by atoms with Gasteiger partial charge in [-0.15, -0.1) is 0 Å². The van der Waals surface area contributed by atoms with E-state index in [1.165, 1.54) is 36.1 Å². The third-order valence-electron chi connectivity index (χ3n) is 5.82. The van der Waals surface area contributed by atoms with Crippen LogP contribution in [-0.2, 0) is 26.1 Å². The molecule has 146 valence electrons. The predicted octanol–water partition coefficient (Wildman–Crippen LogP) is 2.72. The molecule has 0 radical (unpaired) electrons. The predicted molar refractivity (Wildman–Crippen MR) is 105 cm³/mol. The number of nitrogens with zero attached hydrogens (tertiary/aromatic N) is 5. The lowest BCUT2D eigenvalue weighted by Crippen LogP contribution is -2.35. The number of hydrogen-bond acceptors (Lipinski definition) is 5. The molecule has 2 aliphatic heterocycles. The lowest BCUT2D eigenvalue weighted by atomic mass is 10.0. The SMILES string of the molecule is CCCn1nc(C(O)N2CCCCC2)c2c1CCN(Cc1ccncc1)C2. The standard InChI is InChI=1S/C21H31N5O/c1-2-11-26-19-8-14-24(15-17-6-9-22-10-7-17)16-18(19)20(23-26)21(27)25-12-4-3-5-13-25/h6-7,9-10,21,27H,2-5,8,11-16H2,1H3. The van der Waals surface area contributed by atoms with Crippen molar-refractivity contribution in [3.63, 3.8) is 0 Å². The molecular weight excluding hydrogens is 338 g/mol. The fraction of sp³-hybridized carbons (Fsp3) is 0.619. The van der Waals surface area contributed by atoms with Crippen molar-refractivity contribution in [3.05, 3.63) is 47.0 Å². The molecule has 2 aliphatic rings. The Labute approximate surface area is 161 Å². The number of likely N-dealkylation sites (tertiary alicyclic amines) is 1. The minimum atomic E-state index is -0.571. The first-order valence-electron chi connectivity index (χ1n) is 10.4. The zero-order chi connectivity index (χ0) is 18.6. The van der Waals surface area contributed by atoms with Crippen LogP contribution in [0.2, 0.25) is 0 Å². The van der Waals surface area contributed by atoms with Crippen molar-refractivity contribution in [3.8, 4) is 0 Å². The van der Waals surface area contributed by atoms with Crippen molar-refractivity contribution in [2.45, 2.75) is 64.9 Å². The molecule has 4 rings (SSSR count). The summed E-state index contributed by atoms with van der Waals surface area (Å²) >= 11 is 0. The maximum absolute atomic E-state index is 11.1. The molecule has 0 amide bonds. The fourth-order valence-electron chi connectivity index (χ4n) is 4.39. The number of aromatic nitrogens is 3. The van der Waals surface area contributed by atoms with Crippen LogP contribution in [0.15, 0.2) is 24.5 Å². The summed E-state index contributed by atoms with van der Waals surface area (Å²) in [6.45, 7) is 7.87. The van der Waals surface area contributed by atoms with Crippen LogP contribution in [0, 0.1) is 0 Å². The quantitative estimate of drug-likeness (QED) is 0.848. The number of fused-ring (bicyclic) bond motifs is 1. The molecule has 2 aromatic rings. The molecule has 0 spiro atoms. The minimum Gasteiger partial charge on any atom is -0.372 e. The highest BCUT2D eigenvalue weighted by atomic mass is 16.3. The number of aryl methyl sites for hydroxylation is 1. The van der Waals surface area contributed by atoms with E-state index in [2.05, 4.69) is 38.5 Å². The Balaban J connectivity index is 1.57. The molecule has 6 nitrogen and oxygen atoms in total. The van der Waals surface area contributed by atoms with Gasteiger partial charge in [0.2, 0.25) is 0 Å². The number of rotatable bonds is 6. The van der Waals surface area contributed by atoms with Gasteiger partial charge < -0.3 is 5.11 Å². The Morgan fingerprint density at radius 3 is 2.63 bits per heavy atom. The van der Waals surface area contributed by atoms with Gasteiger partial charge in [0.1, 0.15) is 5.69 Å². The molecule has 0 saturated carbocycles. The van der Waals surface area contributed by atoms with E-state index in [0.29, 0.717) is 0 Å². The molecule has 0 aromatic carbocycles. The van der Waals surface area contributed by atoms with Crippen LogP contribution in [0.25, 0.3) is 0 Å². The first-order chi connectivity index (χ1) is 13.3. The van der Waals surface area contributed by atoms with Gasteiger partial charge in [-0.25, -0.2) is 0 Å². The number of aliphatic hydroxyl groups excluding tert-OH is 1. The van der Waals surface area contributed by atoms with Gasteiger partial charge in [0, 0.05) is 69.3 Å². The number of aliphatic hydroxyl groups is 1. The molecular formula is C21H31N5O.